The smallest absolute Gasteiger partial charge is 0.419 e. The molecule has 2 aliphatic heterocycles. The average Bonchev–Trinajstić information content (AvgIpc) is 3.60. The molecule has 4 heterocycles. The van der Waals surface area contributed by atoms with Crippen molar-refractivity contribution in [3.8, 4) is 11.4 Å². The summed E-state index contributed by atoms with van der Waals surface area (Å²) in [6.45, 7) is 7.52. The van der Waals surface area contributed by atoms with Crippen molar-refractivity contribution in [2.24, 2.45) is 10.7 Å². The fourth-order valence-corrected chi connectivity index (χ4v) is 5.51. The molecule has 7 nitrogen and oxygen atoms in total. The van der Waals surface area contributed by atoms with E-state index in [4.69, 9.17) is 15.2 Å². The van der Waals surface area contributed by atoms with Gasteiger partial charge in [0.2, 0.25) is 0 Å². The van der Waals surface area contributed by atoms with Crippen molar-refractivity contribution in [1.29, 1.82) is 0 Å². The Morgan fingerprint density at radius 1 is 1.35 bits per heavy atom. The minimum atomic E-state index is -4.60. The number of rotatable bonds is 8. The molecule has 1 aromatic carbocycles. The average molecular weight is 532 g/mol. The summed E-state index contributed by atoms with van der Waals surface area (Å²) < 4.78 is 56.1. The van der Waals surface area contributed by atoms with E-state index < -0.39 is 23.9 Å². The van der Waals surface area contributed by atoms with Crippen LogP contribution in [0.5, 0.6) is 5.75 Å². The second-order valence-electron chi connectivity index (χ2n) is 9.46. The van der Waals surface area contributed by atoms with Gasteiger partial charge >= 0.3 is 6.18 Å². The predicted octanol–water partition coefficient (Wildman–Crippen LogP) is 5.46. The van der Waals surface area contributed by atoms with Gasteiger partial charge in [0.1, 0.15) is 11.6 Å². The van der Waals surface area contributed by atoms with E-state index >= 15 is 0 Å². The summed E-state index contributed by atoms with van der Waals surface area (Å²) in [4.78, 5) is 4.47. The van der Waals surface area contributed by atoms with Crippen molar-refractivity contribution in [2.75, 3.05) is 13.2 Å². The summed E-state index contributed by atoms with van der Waals surface area (Å²) >= 11 is 1.49. The number of halogens is 3. The Hall–Kier alpha value is -3.31. The van der Waals surface area contributed by atoms with Crippen LogP contribution < -0.4 is 15.8 Å². The van der Waals surface area contributed by atoms with Gasteiger partial charge in [0, 0.05) is 35.9 Å². The van der Waals surface area contributed by atoms with Gasteiger partial charge in [0.25, 0.3) is 0 Å². The minimum absolute atomic E-state index is 0.244. The first kappa shape index (κ1) is 25.3. The van der Waals surface area contributed by atoms with Crippen LogP contribution in [-0.2, 0) is 16.8 Å². The highest BCUT2D eigenvalue weighted by molar-refractivity contribution is 7.08. The van der Waals surface area contributed by atoms with Crippen LogP contribution in [0.25, 0.3) is 11.4 Å². The number of benzene rings is 1. The highest BCUT2D eigenvalue weighted by atomic mass is 32.1. The summed E-state index contributed by atoms with van der Waals surface area (Å²) in [5.41, 5.74) is 5.58. The zero-order chi connectivity index (χ0) is 26.4. The molecule has 0 amide bonds. The first-order chi connectivity index (χ1) is 17.6. The van der Waals surface area contributed by atoms with Crippen LogP contribution in [0.3, 0.4) is 0 Å². The lowest BCUT2D eigenvalue weighted by Crippen LogP contribution is -2.68. The van der Waals surface area contributed by atoms with Gasteiger partial charge in [-0.25, -0.2) is 9.67 Å². The number of amidine groups is 1. The number of aliphatic imine (C=N–C) groups is 1. The molecular formula is C26H28F3N5O2S. The molecule has 0 spiro atoms. The van der Waals surface area contributed by atoms with E-state index in [0.29, 0.717) is 41.6 Å². The van der Waals surface area contributed by atoms with Crippen molar-refractivity contribution in [1.82, 2.24) is 15.1 Å². The van der Waals surface area contributed by atoms with E-state index in [0.717, 1.165) is 17.7 Å². The topological polar surface area (TPSA) is 86.7 Å². The number of hydrogen-bond acceptors (Lipinski definition) is 6. The first-order valence-corrected chi connectivity index (χ1v) is 12.9. The second-order valence-corrected chi connectivity index (χ2v) is 10.2. The molecular weight excluding hydrogens is 503 g/mol. The fraction of sp³-hybridized carbons (Fsp3) is 0.385. The Bertz CT molecular complexity index is 1340. The minimum Gasteiger partial charge on any atom is -0.493 e. The van der Waals surface area contributed by atoms with Crippen molar-refractivity contribution in [3.05, 3.63) is 64.5 Å². The van der Waals surface area contributed by atoms with Gasteiger partial charge in [-0.3, -0.25) is 0 Å². The van der Waals surface area contributed by atoms with Gasteiger partial charge in [-0.15, -0.1) is 0 Å². The number of hydrogen-bond donors (Lipinski definition) is 2. The number of thiophene rings is 1. The van der Waals surface area contributed by atoms with E-state index in [2.05, 4.69) is 22.0 Å². The predicted molar refractivity (Wildman–Crippen MR) is 138 cm³/mol. The lowest BCUT2D eigenvalue weighted by molar-refractivity contribution is -0.382. The molecule has 2 atom stereocenters. The molecule has 2 aliphatic rings. The number of nitrogens with one attached hydrogen (secondary N) is 1. The van der Waals surface area contributed by atoms with E-state index in [1.165, 1.54) is 17.5 Å². The first-order valence-electron chi connectivity index (χ1n) is 12.0. The molecule has 2 aromatic heterocycles. The molecule has 196 valence electrons. The van der Waals surface area contributed by atoms with Gasteiger partial charge in [0.05, 0.1) is 36.2 Å². The maximum Gasteiger partial charge on any atom is 0.419 e. The summed E-state index contributed by atoms with van der Waals surface area (Å²) in [6.07, 6.45) is -2.10. The highest BCUT2D eigenvalue weighted by Crippen LogP contribution is 2.57. The van der Waals surface area contributed by atoms with E-state index in [1.54, 1.807) is 17.7 Å². The molecule has 1 saturated heterocycles. The molecule has 0 saturated carbocycles. The standard InChI is InChI=1S/C26H28F3N5O2S/c1-4-21(30)33-23-19(12-32-34(23)18-9-11-37-13-18)16(2)31-15-25(26(27,28)29)14-24(3,36-25)20-7-5-6-17-8-10-35-22(17)20/h5-7,9,11-13,31H,2,4,8,10,14-15H2,1,3H3,(H2,30,33). The number of alkyl halides is 3. The van der Waals surface area contributed by atoms with E-state index in [1.807, 2.05) is 35.9 Å². The molecule has 3 N–H and O–H groups in total. The number of nitrogens with zero attached hydrogens (tertiary/aromatic N) is 3. The summed E-state index contributed by atoms with van der Waals surface area (Å²) in [5.74, 6) is 1.40. The van der Waals surface area contributed by atoms with Gasteiger partial charge in [-0.05, 0) is 23.9 Å². The number of aromatic nitrogens is 2. The molecule has 37 heavy (non-hydrogen) atoms. The monoisotopic (exact) mass is 531 g/mol. The van der Waals surface area contributed by atoms with E-state index in [9.17, 15) is 13.2 Å². The Morgan fingerprint density at radius 2 is 2.14 bits per heavy atom. The van der Waals surface area contributed by atoms with Gasteiger partial charge in [-0.2, -0.15) is 29.6 Å². The Morgan fingerprint density at radius 3 is 2.81 bits per heavy atom. The zero-order valence-corrected chi connectivity index (χ0v) is 21.4. The third kappa shape index (κ3) is 4.40. The highest BCUT2D eigenvalue weighted by Gasteiger charge is 2.68. The van der Waals surface area contributed by atoms with Crippen LogP contribution in [-0.4, -0.2) is 40.5 Å². The SMILES string of the molecule is C=C(NCC1(C(F)(F)F)CC(C)(c2cccc3c2OCC3)O1)c1cnn(-c2ccsc2)c1/N=C(\N)CC. The van der Waals surface area contributed by atoms with E-state index in [-0.39, 0.29) is 12.1 Å². The lowest BCUT2D eigenvalue weighted by Gasteiger charge is -2.55. The fourth-order valence-electron chi connectivity index (χ4n) is 4.90. The summed E-state index contributed by atoms with van der Waals surface area (Å²) in [6, 6.07) is 7.40. The van der Waals surface area contributed by atoms with Crippen molar-refractivity contribution < 1.29 is 22.6 Å². The van der Waals surface area contributed by atoms with Crippen molar-refractivity contribution in [2.45, 2.75) is 50.5 Å². The Balaban J connectivity index is 1.39. The van der Waals surface area contributed by atoms with Crippen LogP contribution in [0.15, 0.2) is 52.8 Å². The lowest BCUT2D eigenvalue weighted by atomic mass is 9.74. The molecule has 2 unspecified atom stereocenters. The number of nitrogens with two attached hydrogens (primary N) is 1. The zero-order valence-electron chi connectivity index (χ0n) is 20.6. The van der Waals surface area contributed by atoms with Crippen molar-refractivity contribution >= 4 is 28.7 Å². The maximum atomic E-state index is 14.3. The quantitative estimate of drug-likeness (QED) is 0.298. The number of para-hydroxylation sites is 1. The summed E-state index contributed by atoms with van der Waals surface area (Å²) in [7, 11) is 0. The molecule has 5 rings (SSSR count). The largest absolute Gasteiger partial charge is 0.493 e. The Kier molecular flexibility index (Phi) is 6.31. The molecule has 0 bridgehead atoms. The third-order valence-electron chi connectivity index (χ3n) is 6.86. The molecule has 3 aromatic rings. The maximum absolute atomic E-state index is 14.3. The number of ether oxygens (including phenoxy) is 2. The van der Waals surface area contributed by atoms with Crippen molar-refractivity contribution in [3.63, 3.8) is 0 Å². The van der Waals surface area contributed by atoms with Gasteiger partial charge in [-0.1, -0.05) is 31.7 Å². The van der Waals surface area contributed by atoms with Crippen LogP contribution in [0.2, 0.25) is 0 Å². The van der Waals surface area contributed by atoms with Gasteiger partial charge < -0.3 is 20.5 Å². The van der Waals surface area contributed by atoms with Crippen LogP contribution >= 0.6 is 11.3 Å². The van der Waals surface area contributed by atoms with Crippen LogP contribution in [0.4, 0.5) is 19.0 Å². The molecule has 11 heteroatoms. The second kappa shape index (κ2) is 9.21. The van der Waals surface area contributed by atoms with Crippen LogP contribution in [0, 0.1) is 0 Å². The van der Waals surface area contributed by atoms with Gasteiger partial charge in [0.15, 0.2) is 11.4 Å². The molecule has 0 aliphatic carbocycles. The number of fused-ring (bicyclic) bond motifs is 1. The third-order valence-corrected chi connectivity index (χ3v) is 7.53. The van der Waals surface area contributed by atoms with Crippen LogP contribution in [0.1, 0.15) is 43.4 Å². The molecule has 0 radical (unpaired) electrons. The molecule has 1 fully saturated rings. The Labute approximate surface area is 216 Å². The normalized spacial score (nSPS) is 23.3. The summed E-state index contributed by atoms with van der Waals surface area (Å²) in [5, 5.41) is 11.0.